The van der Waals surface area contributed by atoms with Crippen LogP contribution >= 0.6 is 0 Å². The Morgan fingerprint density at radius 3 is 3.00 bits per heavy atom. The molecule has 1 aliphatic carbocycles. The molecule has 5 atom stereocenters. The third-order valence-corrected chi connectivity index (χ3v) is 4.93. The molecular formula is C15H22O3. The fraction of sp³-hybridized carbons (Fsp3) is 0.800. The van der Waals surface area contributed by atoms with E-state index in [9.17, 15) is 4.79 Å². The van der Waals surface area contributed by atoms with Crippen molar-refractivity contribution in [3.63, 3.8) is 0 Å². The highest BCUT2D eigenvalue weighted by Crippen LogP contribution is 2.50. The second kappa shape index (κ2) is 4.09. The van der Waals surface area contributed by atoms with E-state index in [1.807, 2.05) is 6.92 Å². The number of hydrogen-bond acceptors (Lipinski definition) is 3. The van der Waals surface area contributed by atoms with Crippen LogP contribution in [0, 0.1) is 11.8 Å². The second-order valence-electron chi connectivity index (χ2n) is 6.33. The van der Waals surface area contributed by atoms with E-state index >= 15 is 0 Å². The van der Waals surface area contributed by atoms with Gasteiger partial charge < -0.3 is 9.47 Å². The van der Waals surface area contributed by atoms with Gasteiger partial charge in [-0.05, 0) is 39.5 Å². The number of ether oxygens (including phenoxy) is 2. The van der Waals surface area contributed by atoms with Crippen LogP contribution in [0.25, 0.3) is 0 Å². The maximum absolute atomic E-state index is 11.8. The highest BCUT2D eigenvalue weighted by atomic mass is 16.6. The molecule has 0 aromatic heterocycles. The van der Waals surface area contributed by atoms with Crippen LogP contribution in [0.2, 0.25) is 0 Å². The molecule has 0 aromatic carbocycles. The molecule has 0 spiro atoms. The summed E-state index contributed by atoms with van der Waals surface area (Å²) in [4.78, 5) is 11.8. The molecule has 3 aliphatic rings. The number of esters is 1. The van der Waals surface area contributed by atoms with Crippen LogP contribution in [-0.4, -0.2) is 23.8 Å². The summed E-state index contributed by atoms with van der Waals surface area (Å²) in [5, 5.41) is 0. The van der Waals surface area contributed by atoms with Crippen molar-refractivity contribution in [2.45, 2.75) is 64.3 Å². The van der Waals surface area contributed by atoms with Gasteiger partial charge >= 0.3 is 5.97 Å². The summed E-state index contributed by atoms with van der Waals surface area (Å²) < 4.78 is 11.5. The van der Waals surface area contributed by atoms with Gasteiger partial charge in [0.2, 0.25) is 0 Å². The predicted molar refractivity (Wildman–Crippen MR) is 68.0 cm³/mol. The zero-order valence-electron chi connectivity index (χ0n) is 11.4. The van der Waals surface area contributed by atoms with E-state index in [-0.39, 0.29) is 29.7 Å². The van der Waals surface area contributed by atoms with Gasteiger partial charge in [0, 0.05) is 5.92 Å². The first-order valence-corrected chi connectivity index (χ1v) is 7.05. The standard InChI is InChI=1S/C15H22O3/c1-9-5-4-8-15(3)13(18-15)12-11(7-6-9)10(2)14(16)17-12/h5,10-13H,4,6-8H2,1-3H3/t10-,11-,12-,13-,15+/m0/s1. The summed E-state index contributed by atoms with van der Waals surface area (Å²) in [5.74, 6) is 0.310. The van der Waals surface area contributed by atoms with Crippen molar-refractivity contribution < 1.29 is 14.3 Å². The Labute approximate surface area is 109 Å². The van der Waals surface area contributed by atoms with Gasteiger partial charge in [0.05, 0.1) is 11.5 Å². The normalized spacial score (nSPS) is 47.7. The van der Waals surface area contributed by atoms with E-state index in [0.29, 0.717) is 5.92 Å². The minimum atomic E-state index is -0.0681. The monoisotopic (exact) mass is 250 g/mol. The number of hydrogen-bond donors (Lipinski definition) is 0. The van der Waals surface area contributed by atoms with E-state index in [4.69, 9.17) is 9.47 Å². The molecule has 3 nitrogen and oxygen atoms in total. The van der Waals surface area contributed by atoms with Gasteiger partial charge in [-0.2, -0.15) is 0 Å². The van der Waals surface area contributed by atoms with Crippen LogP contribution in [0.5, 0.6) is 0 Å². The molecule has 0 unspecified atom stereocenters. The average molecular weight is 250 g/mol. The lowest BCUT2D eigenvalue weighted by atomic mass is 9.81. The Morgan fingerprint density at radius 1 is 1.44 bits per heavy atom. The summed E-state index contributed by atoms with van der Waals surface area (Å²) in [6.45, 7) is 6.33. The molecule has 0 aromatic rings. The molecule has 0 saturated carbocycles. The van der Waals surface area contributed by atoms with Crippen LogP contribution < -0.4 is 0 Å². The van der Waals surface area contributed by atoms with E-state index in [0.717, 1.165) is 25.7 Å². The lowest BCUT2D eigenvalue weighted by Gasteiger charge is -2.20. The smallest absolute Gasteiger partial charge is 0.309 e. The SMILES string of the molecule is CC1=CCC[C@@]2(C)O[C@H]2[C@H]2OC(=O)[C@@H](C)[C@@H]2CC1. The number of carbonyl (C=O) groups is 1. The zero-order chi connectivity index (χ0) is 12.9. The number of carbonyl (C=O) groups excluding carboxylic acids is 1. The van der Waals surface area contributed by atoms with Gasteiger partial charge in [-0.1, -0.05) is 18.6 Å². The fourth-order valence-corrected chi connectivity index (χ4v) is 3.46. The third kappa shape index (κ3) is 1.89. The first-order chi connectivity index (χ1) is 8.51. The molecule has 0 bridgehead atoms. The predicted octanol–water partition coefficient (Wildman–Crippen LogP) is 2.84. The Bertz CT molecular complexity index is 401. The maximum atomic E-state index is 11.8. The molecule has 2 saturated heterocycles. The van der Waals surface area contributed by atoms with E-state index in [1.165, 1.54) is 5.57 Å². The number of allylic oxidation sites excluding steroid dienone is 2. The molecule has 2 aliphatic heterocycles. The molecule has 3 heteroatoms. The average Bonchev–Trinajstić information content (AvgIpc) is 2.90. The van der Waals surface area contributed by atoms with Gasteiger partial charge in [0.25, 0.3) is 0 Å². The van der Waals surface area contributed by atoms with Crippen LogP contribution in [0.3, 0.4) is 0 Å². The van der Waals surface area contributed by atoms with Crippen molar-refractivity contribution in [2.24, 2.45) is 11.8 Å². The van der Waals surface area contributed by atoms with Crippen LogP contribution in [0.1, 0.15) is 46.5 Å². The van der Waals surface area contributed by atoms with E-state index < -0.39 is 0 Å². The van der Waals surface area contributed by atoms with Gasteiger partial charge in [-0.25, -0.2) is 0 Å². The van der Waals surface area contributed by atoms with Crippen LogP contribution in [0.4, 0.5) is 0 Å². The Hall–Kier alpha value is -0.830. The van der Waals surface area contributed by atoms with Crippen LogP contribution in [-0.2, 0) is 14.3 Å². The molecule has 2 fully saturated rings. The molecule has 3 rings (SSSR count). The van der Waals surface area contributed by atoms with Gasteiger partial charge in [0.1, 0.15) is 12.2 Å². The highest BCUT2D eigenvalue weighted by Gasteiger charge is 2.61. The number of epoxide rings is 1. The summed E-state index contributed by atoms with van der Waals surface area (Å²) in [6, 6.07) is 0. The number of fused-ring (bicyclic) bond motifs is 3. The summed E-state index contributed by atoms with van der Waals surface area (Å²) in [6.07, 6.45) is 6.66. The molecule has 0 N–H and O–H groups in total. The van der Waals surface area contributed by atoms with Crippen molar-refractivity contribution in [2.75, 3.05) is 0 Å². The quantitative estimate of drug-likeness (QED) is 0.377. The van der Waals surface area contributed by atoms with Crippen molar-refractivity contribution >= 4 is 5.97 Å². The maximum Gasteiger partial charge on any atom is 0.309 e. The van der Waals surface area contributed by atoms with E-state index in [1.54, 1.807) is 0 Å². The van der Waals surface area contributed by atoms with Gasteiger partial charge in [-0.15, -0.1) is 0 Å². The number of rotatable bonds is 0. The van der Waals surface area contributed by atoms with Gasteiger partial charge in [0.15, 0.2) is 0 Å². The topological polar surface area (TPSA) is 38.8 Å². The molecule has 0 amide bonds. The first-order valence-electron chi connectivity index (χ1n) is 7.05. The highest BCUT2D eigenvalue weighted by molar-refractivity contribution is 5.75. The van der Waals surface area contributed by atoms with Gasteiger partial charge in [-0.3, -0.25) is 4.79 Å². The minimum Gasteiger partial charge on any atom is -0.459 e. The first kappa shape index (κ1) is 12.2. The lowest BCUT2D eigenvalue weighted by Crippen LogP contribution is -2.29. The molecule has 18 heavy (non-hydrogen) atoms. The lowest BCUT2D eigenvalue weighted by molar-refractivity contribution is -0.144. The summed E-state index contributed by atoms with van der Waals surface area (Å²) in [7, 11) is 0. The Morgan fingerprint density at radius 2 is 2.22 bits per heavy atom. The molecule has 100 valence electrons. The molecular weight excluding hydrogens is 228 g/mol. The fourth-order valence-electron chi connectivity index (χ4n) is 3.46. The van der Waals surface area contributed by atoms with Crippen molar-refractivity contribution in [3.05, 3.63) is 11.6 Å². The van der Waals surface area contributed by atoms with Crippen LogP contribution in [0.15, 0.2) is 11.6 Å². The molecule has 2 heterocycles. The summed E-state index contributed by atoms with van der Waals surface area (Å²) in [5.41, 5.74) is 1.37. The largest absolute Gasteiger partial charge is 0.459 e. The zero-order valence-corrected chi connectivity index (χ0v) is 11.4. The van der Waals surface area contributed by atoms with Crippen molar-refractivity contribution in [1.82, 2.24) is 0 Å². The molecule has 0 radical (unpaired) electrons. The van der Waals surface area contributed by atoms with Crippen molar-refractivity contribution in [1.29, 1.82) is 0 Å². The van der Waals surface area contributed by atoms with Crippen molar-refractivity contribution in [3.8, 4) is 0 Å². The summed E-state index contributed by atoms with van der Waals surface area (Å²) >= 11 is 0. The minimum absolute atomic E-state index is 0.0107. The van der Waals surface area contributed by atoms with E-state index in [2.05, 4.69) is 19.9 Å². The second-order valence-corrected chi connectivity index (χ2v) is 6.33. The Kier molecular flexibility index (Phi) is 2.77. The third-order valence-electron chi connectivity index (χ3n) is 4.93. The Balaban J connectivity index is 1.85.